The molecule has 84 valence electrons. The molecule has 0 aliphatic carbocycles. The molecule has 16 heavy (non-hydrogen) atoms. The van der Waals surface area contributed by atoms with Crippen molar-refractivity contribution in [1.82, 2.24) is 25.3 Å². The topological polar surface area (TPSA) is 60.4 Å². The monoisotopic (exact) mass is 219 g/mol. The second-order valence-electron chi connectivity index (χ2n) is 3.63. The highest BCUT2D eigenvalue weighted by Crippen LogP contribution is 2.08. The van der Waals surface area contributed by atoms with E-state index >= 15 is 0 Å². The van der Waals surface area contributed by atoms with Crippen molar-refractivity contribution < 1.29 is 4.68 Å². The van der Waals surface area contributed by atoms with Crippen LogP contribution in [-0.4, -0.2) is 25.3 Å². The fraction of sp³-hybridized carbons (Fsp3) is 0.500. The highest BCUT2D eigenvalue weighted by molar-refractivity contribution is 5.50. The van der Waals surface area contributed by atoms with Gasteiger partial charge in [0, 0.05) is 12.5 Å². The van der Waals surface area contributed by atoms with E-state index in [1.807, 2.05) is 16.9 Å². The van der Waals surface area contributed by atoms with Gasteiger partial charge in [0.25, 0.3) is 0 Å². The first-order valence-electron chi connectivity index (χ1n) is 5.39. The Morgan fingerprint density at radius 1 is 1.44 bits per heavy atom. The molecule has 6 heteroatoms. The van der Waals surface area contributed by atoms with Gasteiger partial charge in [0.2, 0.25) is 5.82 Å². The van der Waals surface area contributed by atoms with Crippen molar-refractivity contribution in [2.24, 2.45) is 7.05 Å². The lowest BCUT2D eigenvalue weighted by atomic mass is 10.3. The Kier molecular flexibility index (Phi) is 3.19. The Bertz CT molecular complexity index is 447. The zero-order chi connectivity index (χ0) is 11.4. The van der Waals surface area contributed by atoms with Gasteiger partial charge in [-0.25, -0.2) is 0 Å². The molecule has 2 heterocycles. The average Bonchev–Trinajstić information content (AvgIpc) is 2.74. The number of hydrogen-bond acceptors (Lipinski definition) is 4. The van der Waals surface area contributed by atoms with Crippen molar-refractivity contribution >= 4 is 0 Å². The summed E-state index contributed by atoms with van der Waals surface area (Å²) < 4.78 is 1.92. The summed E-state index contributed by atoms with van der Waals surface area (Å²) in [7, 11) is 1.74. The molecular weight excluding hydrogens is 204 g/mol. The summed E-state index contributed by atoms with van der Waals surface area (Å²) >= 11 is 0. The number of tetrazole rings is 1. The van der Waals surface area contributed by atoms with Gasteiger partial charge in [-0.15, -0.1) is 10.2 Å². The van der Waals surface area contributed by atoms with Crippen LogP contribution >= 0.6 is 0 Å². The van der Waals surface area contributed by atoms with E-state index in [1.165, 1.54) is 11.2 Å². The third-order valence-corrected chi connectivity index (χ3v) is 2.28. The lowest BCUT2D eigenvalue weighted by molar-refractivity contribution is -0.754. The van der Waals surface area contributed by atoms with Gasteiger partial charge < -0.3 is 0 Å². The smallest absolute Gasteiger partial charge is 0.167 e. The number of aromatic nitrogens is 6. The zero-order valence-electron chi connectivity index (χ0n) is 9.54. The van der Waals surface area contributed by atoms with Gasteiger partial charge in [-0.2, -0.15) is 4.80 Å². The standard InChI is InChI=1S/C10H15N6/c1-3-4-6-16-7-5-9(8-11-16)10-12-14-15(2)13-10/h5,7-8H,3-4,6H2,1-2H3/q+1. The summed E-state index contributed by atoms with van der Waals surface area (Å²) in [5.41, 5.74) is 0.890. The van der Waals surface area contributed by atoms with Crippen molar-refractivity contribution in [1.29, 1.82) is 0 Å². The minimum Gasteiger partial charge on any atom is -0.167 e. The van der Waals surface area contributed by atoms with Crippen LogP contribution in [0.5, 0.6) is 0 Å². The van der Waals surface area contributed by atoms with E-state index < -0.39 is 0 Å². The van der Waals surface area contributed by atoms with Crippen LogP contribution in [0.1, 0.15) is 19.8 Å². The molecule has 0 atom stereocenters. The first-order valence-corrected chi connectivity index (χ1v) is 5.39. The van der Waals surface area contributed by atoms with Gasteiger partial charge >= 0.3 is 0 Å². The van der Waals surface area contributed by atoms with Crippen molar-refractivity contribution in [3.63, 3.8) is 0 Å². The number of hydrogen-bond donors (Lipinski definition) is 0. The second-order valence-corrected chi connectivity index (χ2v) is 3.63. The van der Waals surface area contributed by atoms with Crippen LogP contribution in [0.2, 0.25) is 0 Å². The lowest BCUT2D eigenvalue weighted by Crippen LogP contribution is -2.37. The highest BCUT2D eigenvalue weighted by Gasteiger charge is 2.07. The van der Waals surface area contributed by atoms with E-state index in [1.54, 1.807) is 13.2 Å². The average molecular weight is 219 g/mol. The SMILES string of the molecule is CCCC[n+]1ccc(-c2nnn(C)n2)cn1. The molecule has 0 fully saturated rings. The van der Waals surface area contributed by atoms with Crippen molar-refractivity contribution in [3.8, 4) is 11.4 Å². The summed E-state index contributed by atoms with van der Waals surface area (Å²) in [6.07, 6.45) is 6.02. The van der Waals surface area contributed by atoms with E-state index in [2.05, 4.69) is 27.4 Å². The number of aryl methyl sites for hydroxylation is 2. The molecule has 0 aromatic carbocycles. The van der Waals surface area contributed by atoms with E-state index in [9.17, 15) is 0 Å². The summed E-state index contributed by atoms with van der Waals surface area (Å²) in [5, 5.41) is 16.1. The summed E-state index contributed by atoms with van der Waals surface area (Å²) in [6, 6.07) is 1.96. The van der Waals surface area contributed by atoms with Crippen molar-refractivity contribution in [2.45, 2.75) is 26.3 Å². The zero-order valence-corrected chi connectivity index (χ0v) is 9.54. The Hall–Kier alpha value is -1.85. The van der Waals surface area contributed by atoms with Crippen LogP contribution in [0.15, 0.2) is 18.5 Å². The molecule has 0 radical (unpaired) electrons. The maximum absolute atomic E-state index is 4.30. The Morgan fingerprint density at radius 2 is 2.31 bits per heavy atom. The normalized spacial score (nSPS) is 10.6. The third kappa shape index (κ3) is 2.39. The number of rotatable bonds is 4. The summed E-state index contributed by atoms with van der Waals surface area (Å²) in [6.45, 7) is 3.11. The fourth-order valence-corrected chi connectivity index (χ4v) is 1.37. The minimum atomic E-state index is 0.609. The molecule has 0 saturated heterocycles. The Morgan fingerprint density at radius 3 is 2.88 bits per heavy atom. The first-order chi connectivity index (χ1) is 7.79. The van der Waals surface area contributed by atoms with Gasteiger partial charge in [0.1, 0.15) is 6.20 Å². The molecule has 0 unspecified atom stereocenters. The fourth-order valence-electron chi connectivity index (χ4n) is 1.37. The van der Waals surface area contributed by atoms with Crippen LogP contribution < -0.4 is 4.68 Å². The van der Waals surface area contributed by atoms with E-state index in [0.29, 0.717) is 5.82 Å². The van der Waals surface area contributed by atoms with Crippen LogP contribution in [0, 0.1) is 0 Å². The minimum absolute atomic E-state index is 0.609. The molecule has 0 spiro atoms. The van der Waals surface area contributed by atoms with E-state index in [-0.39, 0.29) is 0 Å². The predicted octanol–water partition coefficient (Wildman–Crippen LogP) is 0.360. The maximum Gasteiger partial charge on any atom is 0.206 e. The third-order valence-electron chi connectivity index (χ3n) is 2.28. The molecule has 2 aromatic heterocycles. The largest absolute Gasteiger partial charge is 0.206 e. The van der Waals surface area contributed by atoms with E-state index in [4.69, 9.17) is 0 Å². The van der Waals surface area contributed by atoms with Gasteiger partial charge in [0.15, 0.2) is 12.7 Å². The number of nitrogens with zero attached hydrogens (tertiary/aromatic N) is 6. The van der Waals surface area contributed by atoms with Crippen LogP contribution in [0.4, 0.5) is 0 Å². The molecule has 0 aliphatic rings. The molecule has 6 nitrogen and oxygen atoms in total. The Balaban J connectivity index is 2.13. The number of unbranched alkanes of at least 4 members (excludes halogenated alkanes) is 1. The second kappa shape index (κ2) is 4.78. The summed E-state index contributed by atoms with van der Waals surface area (Å²) in [4.78, 5) is 1.44. The molecule has 2 rings (SSSR count). The maximum atomic E-state index is 4.30. The van der Waals surface area contributed by atoms with Crippen molar-refractivity contribution in [3.05, 3.63) is 18.5 Å². The lowest BCUT2D eigenvalue weighted by Gasteiger charge is -1.93. The van der Waals surface area contributed by atoms with Gasteiger partial charge in [0.05, 0.1) is 12.6 Å². The highest BCUT2D eigenvalue weighted by atomic mass is 15.6. The van der Waals surface area contributed by atoms with Gasteiger partial charge in [-0.1, -0.05) is 18.0 Å². The van der Waals surface area contributed by atoms with Crippen LogP contribution in [0.3, 0.4) is 0 Å². The molecular formula is C10H15N6+. The molecule has 0 N–H and O–H groups in total. The van der Waals surface area contributed by atoms with Crippen LogP contribution in [0.25, 0.3) is 11.4 Å². The first kappa shape index (κ1) is 10.7. The molecule has 0 amide bonds. The van der Waals surface area contributed by atoms with Gasteiger partial charge in [-0.3, -0.25) is 0 Å². The van der Waals surface area contributed by atoms with E-state index in [0.717, 1.165) is 18.5 Å². The van der Waals surface area contributed by atoms with Crippen LogP contribution in [-0.2, 0) is 13.6 Å². The summed E-state index contributed by atoms with van der Waals surface area (Å²) in [5.74, 6) is 0.609. The molecule has 2 aromatic rings. The quantitative estimate of drug-likeness (QED) is 0.697. The molecule has 0 bridgehead atoms. The predicted molar refractivity (Wildman–Crippen MR) is 57.1 cm³/mol. The van der Waals surface area contributed by atoms with Gasteiger partial charge in [-0.05, 0) is 10.3 Å². The molecule has 0 saturated carbocycles. The van der Waals surface area contributed by atoms with Crippen molar-refractivity contribution in [2.75, 3.05) is 0 Å². The molecule has 0 aliphatic heterocycles. The Labute approximate surface area is 93.9 Å².